The number of hydrogen-bond donors (Lipinski definition) is 2. The normalized spacial score (nSPS) is 10.1. The van der Waals surface area contributed by atoms with Crippen molar-refractivity contribution < 1.29 is 48.3 Å². The number of hydrogen-bond acceptors (Lipinski definition) is 8. The van der Waals surface area contributed by atoms with Crippen molar-refractivity contribution in [1.29, 1.82) is 0 Å². The van der Waals surface area contributed by atoms with E-state index >= 15 is 0 Å². The molecule has 0 spiro atoms. The van der Waals surface area contributed by atoms with Crippen LogP contribution in [0.5, 0.6) is 11.5 Å². The summed E-state index contributed by atoms with van der Waals surface area (Å²) in [5, 5.41) is 17.1. The lowest BCUT2D eigenvalue weighted by atomic mass is 10.1. The fourth-order valence-electron chi connectivity index (χ4n) is 2.13. The van der Waals surface area contributed by atoms with Crippen LogP contribution < -0.4 is 9.47 Å². The van der Waals surface area contributed by atoms with E-state index in [2.05, 4.69) is 0 Å². The minimum Gasteiger partial charge on any atom is -0.496 e. The molecule has 0 radical (unpaired) electrons. The van der Waals surface area contributed by atoms with Crippen LogP contribution in [0.3, 0.4) is 0 Å². The summed E-state index contributed by atoms with van der Waals surface area (Å²) in [5.74, 6) is -2.83. The van der Waals surface area contributed by atoms with Gasteiger partial charge in [0, 0.05) is 11.1 Å². The van der Waals surface area contributed by atoms with Gasteiger partial charge in [-0.15, -0.1) is 0 Å². The molecule has 0 aromatic heterocycles. The molecule has 1 aromatic carbocycles. The van der Waals surface area contributed by atoms with Crippen LogP contribution >= 0.6 is 0 Å². The third kappa shape index (κ3) is 7.94. The van der Waals surface area contributed by atoms with Gasteiger partial charge in [0.15, 0.2) is 0 Å². The van der Waals surface area contributed by atoms with E-state index in [9.17, 15) is 19.2 Å². The van der Waals surface area contributed by atoms with E-state index in [4.69, 9.17) is 29.2 Å². The number of benzene rings is 1. The number of methoxy groups -OCH3 is 2. The Labute approximate surface area is 160 Å². The first kappa shape index (κ1) is 22.7. The summed E-state index contributed by atoms with van der Waals surface area (Å²) < 4.78 is 20.6. The fourth-order valence-corrected chi connectivity index (χ4v) is 2.13. The summed E-state index contributed by atoms with van der Waals surface area (Å²) in [7, 11) is 2.81. The Hall–Kier alpha value is -3.30. The lowest BCUT2D eigenvalue weighted by Crippen LogP contribution is -2.10. The Kier molecular flexibility index (Phi) is 9.28. The van der Waals surface area contributed by atoms with Crippen LogP contribution in [0.1, 0.15) is 36.8 Å². The number of esters is 2. The standard InChI is InChI=1S/C18H22O10/c1-25-13-7-12(10-28-18(24)6-4-16(21)22)14(26-2)8-11(13)9-27-17(23)5-3-15(19)20/h7-8H,3-6,9-10H2,1-2H3,(H,19,20)(H,21,22). The first-order valence-electron chi connectivity index (χ1n) is 8.25. The largest absolute Gasteiger partial charge is 0.496 e. The van der Waals surface area contributed by atoms with Crippen LogP contribution in [0.4, 0.5) is 0 Å². The van der Waals surface area contributed by atoms with Gasteiger partial charge < -0.3 is 29.2 Å². The summed E-state index contributed by atoms with van der Waals surface area (Å²) in [6, 6.07) is 3.09. The molecule has 10 nitrogen and oxygen atoms in total. The Bertz CT molecular complexity index is 664. The Morgan fingerprint density at radius 2 is 1.07 bits per heavy atom. The van der Waals surface area contributed by atoms with E-state index in [1.54, 1.807) is 12.1 Å². The molecule has 0 aliphatic rings. The summed E-state index contributed by atoms with van der Waals surface area (Å²) in [6.45, 7) is -0.312. The van der Waals surface area contributed by atoms with E-state index in [0.717, 1.165) is 0 Å². The molecule has 0 aliphatic heterocycles. The van der Waals surface area contributed by atoms with Crippen molar-refractivity contribution in [2.75, 3.05) is 14.2 Å². The van der Waals surface area contributed by atoms with Crippen LogP contribution in [0.25, 0.3) is 0 Å². The maximum Gasteiger partial charge on any atom is 0.306 e. The zero-order chi connectivity index (χ0) is 21.1. The predicted molar refractivity (Wildman–Crippen MR) is 92.9 cm³/mol. The van der Waals surface area contributed by atoms with Gasteiger partial charge in [0.1, 0.15) is 24.7 Å². The molecule has 0 aliphatic carbocycles. The fraction of sp³-hybridized carbons (Fsp3) is 0.444. The molecule has 154 valence electrons. The second-order valence-corrected chi connectivity index (χ2v) is 5.58. The smallest absolute Gasteiger partial charge is 0.306 e. The van der Waals surface area contributed by atoms with Gasteiger partial charge in [0.05, 0.1) is 39.9 Å². The van der Waals surface area contributed by atoms with Crippen molar-refractivity contribution in [3.8, 4) is 11.5 Å². The van der Waals surface area contributed by atoms with Crippen molar-refractivity contribution in [3.05, 3.63) is 23.3 Å². The average Bonchev–Trinajstić information content (AvgIpc) is 2.66. The lowest BCUT2D eigenvalue weighted by Gasteiger charge is -2.15. The Balaban J connectivity index is 2.78. The average molecular weight is 398 g/mol. The maximum absolute atomic E-state index is 11.6. The third-order valence-electron chi connectivity index (χ3n) is 3.55. The highest BCUT2D eigenvalue weighted by Crippen LogP contribution is 2.30. The SMILES string of the molecule is COc1cc(COC(=O)CCC(=O)O)c(OC)cc1COC(=O)CCC(=O)O. The molecule has 0 saturated carbocycles. The van der Waals surface area contributed by atoms with Gasteiger partial charge in [-0.2, -0.15) is 0 Å². The highest BCUT2D eigenvalue weighted by Gasteiger charge is 2.15. The van der Waals surface area contributed by atoms with Gasteiger partial charge in [0.2, 0.25) is 0 Å². The maximum atomic E-state index is 11.6. The molecular formula is C18H22O10. The van der Waals surface area contributed by atoms with Gasteiger partial charge >= 0.3 is 23.9 Å². The summed E-state index contributed by atoms with van der Waals surface area (Å²) in [5.41, 5.74) is 0.952. The minimum absolute atomic E-state index is 0.156. The molecule has 1 rings (SSSR count). The van der Waals surface area contributed by atoms with E-state index in [1.165, 1.54) is 14.2 Å². The number of rotatable bonds is 12. The lowest BCUT2D eigenvalue weighted by molar-refractivity contribution is -0.148. The Morgan fingerprint density at radius 1 is 0.714 bits per heavy atom. The second kappa shape index (κ2) is 11.4. The van der Waals surface area contributed by atoms with Crippen LogP contribution in [-0.2, 0) is 41.9 Å². The molecule has 0 fully saturated rings. The van der Waals surface area contributed by atoms with Gasteiger partial charge in [-0.05, 0) is 12.1 Å². The first-order valence-corrected chi connectivity index (χ1v) is 8.25. The highest BCUT2D eigenvalue weighted by atomic mass is 16.5. The van der Waals surface area contributed by atoms with Crippen molar-refractivity contribution >= 4 is 23.9 Å². The van der Waals surface area contributed by atoms with Gasteiger partial charge in [-0.25, -0.2) is 0 Å². The van der Waals surface area contributed by atoms with E-state index in [1.807, 2.05) is 0 Å². The highest BCUT2D eigenvalue weighted by molar-refractivity contribution is 5.77. The summed E-state index contributed by atoms with van der Waals surface area (Å²) in [6.07, 6.45) is -1.16. The van der Waals surface area contributed by atoms with Crippen molar-refractivity contribution in [2.24, 2.45) is 0 Å². The van der Waals surface area contributed by atoms with Crippen LogP contribution in [-0.4, -0.2) is 48.3 Å². The monoisotopic (exact) mass is 398 g/mol. The van der Waals surface area contributed by atoms with Gasteiger partial charge in [0.25, 0.3) is 0 Å². The molecule has 0 atom stereocenters. The third-order valence-corrected chi connectivity index (χ3v) is 3.55. The number of carbonyl (C=O) groups is 4. The van der Waals surface area contributed by atoms with E-state index in [-0.39, 0.29) is 38.9 Å². The molecule has 0 saturated heterocycles. The quantitative estimate of drug-likeness (QED) is 0.497. The van der Waals surface area contributed by atoms with Crippen LogP contribution in [0.2, 0.25) is 0 Å². The molecular weight excluding hydrogens is 376 g/mol. The number of carbonyl (C=O) groups excluding carboxylic acids is 2. The van der Waals surface area contributed by atoms with Crippen LogP contribution in [0.15, 0.2) is 12.1 Å². The zero-order valence-corrected chi connectivity index (χ0v) is 15.6. The Morgan fingerprint density at radius 3 is 1.36 bits per heavy atom. The second-order valence-electron chi connectivity index (χ2n) is 5.58. The number of carboxylic acid groups (broad SMARTS) is 2. The molecule has 0 unspecified atom stereocenters. The number of aliphatic carboxylic acids is 2. The molecule has 0 bridgehead atoms. The molecule has 10 heteroatoms. The van der Waals surface area contributed by atoms with Crippen molar-refractivity contribution in [3.63, 3.8) is 0 Å². The molecule has 0 amide bonds. The molecule has 1 aromatic rings. The first-order chi connectivity index (χ1) is 13.3. The summed E-state index contributed by atoms with van der Waals surface area (Å²) in [4.78, 5) is 44.1. The van der Waals surface area contributed by atoms with Gasteiger partial charge in [-0.3, -0.25) is 19.2 Å². The zero-order valence-electron chi connectivity index (χ0n) is 15.6. The van der Waals surface area contributed by atoms with Crippen molar-refractivity contribution in [1.82, 2.24) is 0 Å². The minimum atomic E-state index is -1.10. The molecule has 0 heterocycles. The summed E-state index contributed by atoms with van der Waals surface area (Å²) >= 11 is 0. The number of ether oxygens (including phenoxy) is 4. The number of carboxylic acids is 2. The molecule has 28 heavy (non-hydrogen) atoms. The van der Waals surface area contributed by atoms with Gasteiger partial charge in [-0.1, -0.05) is 0 Å². The van der Waals surface area contributed by atoms with E-state index in [0.29, 0.717) is 22.6 Å². The molecule has 2 N–H and O–H groups in total. The predicted octanol–water partition coefficient (Wildman–Crippen LogP) is 1.52. The van der Waals surface area contributed by atoms with Crippen LogP contribution in [0, 0.1) is 0 Å². The van der Waals surface area contributed by atoms with E-state index < -0.39 is 23.9 Å². The van der Waals surface area contributed by atoms with Crippen molar-refractivity contribution in [2.45, 2.75) is 38.9 Å². The topological polar surface area (TPSA) is 146 Å².